The van der Waals surface area contributed by atoms with Crippen molar-refractivity contribution in [3.05, 3.63) is 0 Å². The molecule has 2 N–H and O–H groups in total. The van der Waals surface area contributed by atoms with Gasteiger partial charge < -0.3 is 33.9 Å². The highest BCUT2D eigenvalue weighted by Gasteiger charge is 2.66. The Morgan fingerprint density at radius 2 is 1.07 bits per heavy atom. The van der Waals surface area contributed by atoms with Gasteiger partial charge in [0.05, 0.1) is 39.3 Å². The van der Waals surface area contributed by atoms with Gasteiger partial charge in [-0.2, -0.15) is 0 Å². The van der Waals surface area contributed by atoms with Crippen LogP contribution in [0.4, 0.5) is 0 Å². The lowest BCUT2D eigenvalue weighted by molar-refractivity contribution is -0.225. The van der Waals surface area contributed by atoms with Crippen molar-refractivity contribution in [2.24, 2.45) is 63.1 Å². The number of aliphatic carboxylic acids is 1. The number of hydrogen-bond donors (Lipinski definition) is 2. The van der Waals surface area contributed by atoms with Crippen LogP contribution in [0.3, 0.4) is 0 Å². The van der Waals surface area contributed by atoms with Crippen molar-refractivity contribution >= 4 is 29.8 Å². The lowest BCUT2D eigenvalue weighted by Crippen LogP contribution is -2.61. The lowest BCUT2D eigenvalue weighted by Gasteiger charge is -2.60. The Hall–Kier alpha value is -2.73. The van der Waals surface area contributed by atoms with Gasteiger partial charge in [0.1, 0.15) is 17.3 Å². The molecule has 3 heterocycles. The van der Waals surface area contributed by atoms with Gasteiger partial charge in [-0.1, -0.05) is 64.3 Å². The Labute approximate surface area is 419 Å². The molecule has 10 atom stereocenters. The van der Waals surface area contributed by atoms with Crippen molar-refractivity contribution in [1.82, 2.24) is 0 Å². The van der Waals surface area contributed by atoms with E-state index in [0.717, 1.165) is 69.1 Å². The third-order valence-electron chi connectivity index (χ3n) is 18.3. The summed E-state index contributed by atoms with van der Waals surface area (Å²) in [5.74, 6) is 2.85. The molecule has 0 aromatic heterocycles. The highest BCUT2D eigenvalue weighted by molar-refractivity contribution is 5.79. The van der Waals surface area contributed by atoms with Crippen LogP contribution in [0.2, 0.25) is 0 Å². The minimum absolute atomic E-state index is 0. The third kappa shape index (κ3) is 12.7. The van der Waals surface area contributed by atoms with E-state index in [2.05, 4.69) is 13.8 Å². The summed E-state index contributed by atoms with van der Waals surface area (Å²) in [5, 5.41) is 19.1. The Balaban J connectivity index is 0.000000321. The molecule has 69 heavy (non-hydrogen) atoms. The van der Waals surface area contributed by atoms with Gasteiger partial charge in [0.2, 0.25) is 0 Å². The number of carboxylic acids is 1. The van der Waals surface area contributed by atoms with E-state index in [1.807, 2.05) is 62.3 Å². The van der Waals surface area contributed by atoms with Crippen LogP contribution in [-0.4, -0.2) is 81.3 Å². The normalized spacial score (nSPS) is 36.7. The van der Waals surface area contributed by atoms with Crippen LogP contribution in [0.5, 0.6) is 0 Å². The van der Waals surface area contributed by atoms with E-state index in [0.29, 0.717) is 43.4 Å². The van der Waals surface area contributed by atoms with E-state index >= 15 is 0 Å². The maximum atomic E-state index is 12.6. The summed E-state index contributed by atoms with van der Waals surface area (Å²) in [7, 11) is 0. The third-order valence-corrected chi connectivity index (χ3v) is 18.3. The summed E-state index contributed by atoms with van der Waals surface area (Å²) >= 11 is 0. The van der Waals surface area contributed by atoms with E-state index in [-0.39, 0.29) is 88.3 Å². The molecule has 11 fully saturated rings. The van der Waals surface area contributed by atoms with E-state index in [1.54, 1.807) is 13.8 Å². The maximum absolute atomic E-state index is 12.6. The quantitative estimate of drug-likeness (QED) is 0.140. The Bertz CT molecular complexity index is 1750. The van der Waals surface area contributed by atoms with Gasteiger partial charge in [-0.05, 0) is 188 Å². The second-order valence-corrected chi connectivity index (χ2v) is 24.8. The van der Waals surface area contributed by atoms with Crippen LogP contribution >= 0.6 is 0 Å². The van der Waals surface area contributed by atoms with Crippen molar-refractivity contribution in [3.63, 3.8) is 0 Å². The monoisotopic (exact) mass is 979 g/mol. The molecule has 0 radical (unpaired) electrons. The van der Waals surface area contributed by atoms with Gasteiger partial charge >= 0.3 is 29.8 Å². The van der Waals surface area contributed by atoms with E-state index in [4.69, 9.17) is 28.8 Å². The fraction of sp³-hybridized carbons (Fsp3) is 0.912. The highest BCUT2D eigenvalue weighted by Crippen LogP contribution is 2.62. The highest BCUT2D eigenvalue weighted by atomic mass is 16.7. The molecule has 8 saturated carbocycles. The van der Waals surface area contributed by atoms with Crippen molar-refractivity contribution in [2.75, 3.05) is 0 Å². The van der Waals surface area contributed by atoms with E-state index in [1.165, 1.54) is 32.1 Å². The van der Waals surface area contributed by atoms with Crippen molar-refractivity contribution in [2.45, 2.75) is 270 Å². The zero-order chi connectivity index (χ0) is 48.3. The minimum Gasteiger partial charge on any atom is -0.481 e. The molecule has 3 aliphatic heterocycles. The Kier molecular flexibility index (Phi) is 20.4. The fourth-order valence-electron chi connectivity index (χ4n) is 13.1. The molecule has 12 heteroatoms. The van der Waals surface area contributed by atoms with Crippen LogP contribution in [0.15, 0.2) is 0 Å². The number of carbonyl (C=O) groups is 5. The largest absolute Gasteiger partial charge is 0.481 e. The van der Waals surface area contributed by atoms with Gasteiger partial charge in [0.15, 0.2) is 12.2 Å². The first-order chi connectivity index (χ1) is 30.1. The molecule has 0 spiro atoms. The lowest BCUT2D eigenvalue weighted by atomic mass is 9.49. The summed E-state index contributed by atoms with van der Waals surface area (Å²) in [5.41, 5.74) is -2.81. The Morgan fingerprint density at radius 1 is 0.609 bits per heavy atom. The van der Waals surface area contributed by atoms with Crippen molar-refractivity contribution < 1.29 is 57.9 Å². The molecule has 10 bridgehead atoms. The molecule has 0 aromatic carbocycles. The van der Waals surface area contributed by atoms with Crippen LogP contribution in [0.25, 0.3) is 0 Å². The first-order valence-corrected chi connectivity index (χ1v) is 25.6. The van der Waals surface area contributed by atoms with Crippen molar-refractivity contribution in [3.8, 4) is 0 Å². The first-order valence-electron chi connectivity index (χ1n) is 25.6. The average molecular weight is 979 g/mol. The van der Waals surface area contributed by atoms with E-state index in [9.17, 15) is 29.1 Å². The van der Waals surface area contributed by atoms with Gasteiger partial charge in [0, 0.05) is 12.3 Å². The van der Waals surface area contributed by atoms with Crippen LogP contribution in [-0.2, 0) is 47.7 Å². The van der Waals surface area contributed by atoms with Gasteiger partial charge in [0.25, 0.3) is 0 Å². The summed E-state index contributed by atoms with van der Waals surface area (Å²) in [4.78, 5) is 58.9. The molecule has 0 aromatic rings. The van der Waals surface area contributed by atoms with Gasteiger partial charge in [-0.15, -0.1) is 0 Å². The standard InChI is InChI=1S/C18H30O2.C16H26O3.C13H18O5.C6H12O2.4CH4/c1-5-15-14-8-12-7-13(9-14)11-18(15,10-12)20-16(19)17(3,4)6-2;1-4-14(2,3)13(17)19-16-8-11-5-12(9-16)7-15(18,6-11)10-16;1-4-13(2,3)12(15)18-9-7-5-6-8(16-7)10(9)17-11(6)14;1-4-6(2,3)5(7)8;;;;/h12-15H,5-11H2,1-4H3;11-12,18H,4-10H2,1-3H3;6-10H,4-5H2,1-3H3;4H2,1-3H3,(H,7,8);4*1H4. The molecule has 3 saturated heterocycles. The molecule has 10 unspecified atom stereocenters. The predicted octanol–water partition coefficient (Wildman–Crippen LogP) is 12.7. The number of rotatable bonds is 12. The molecule has 402 valence electrons. The summed E-state index contributed by atoms with van der Waals surface area (Å²) in [6, 6.07) is 0. The number of ether oxygens (including phenoxy) is 5. The summed E-state index contributed by atoms with van der Waals surface area (Å²) in [6.45, 7) is 25.3. The van der Waals surface area contributed by atoms with Gasteiger partial charge in [-0.3, -0.25) is 24.0 Å². The molecule has 12 nitrogen and oxygen atoms in total. The number of fused-ring (bicyclic) bond motifs is 1. The zero-order valence-electron chi connectivity index (χ0n) is 42.3. The predicted molar refractivity (Wildman–Crippen MR) is 272 cm³/mol. The molecular weight excluding hydrogens is 877 g/mol. The van der Waals surface area contributed by atoms with Gasteiger partial charge in [-0.25, -0.2) is 0 Å². The zero-order valence-corrected chi connectivity index (χ0v) is 42.3. The molecule has 8 aliphatic carbocycles. The minimum atomic E-state index is -0.722. The van der Waals surface area contributed by atoms with Crippen LogP contribution in [0.1, 0.15) is 229 Å². The topological polar surface area (TPSA) is 172 Å². The fourth-order valence-corrected chi connectivity index (χ4v) is 13.1. The second-order valence-electron chi connectivity index (χ2n) is 24.8. The smallest absolute Gasteiger partial charge is 0.312 e. The molecular formula is C57H102O12. The van der Waals surface area contributed by atoms with Crippen LogP contribution in [0, 0.1) is 63.1 Å². The van der Waals surface area contributed by atoms with E-state index < -0.39 is 40.0 Å². The molecule has 11 rings (SSSR count). The summed E-state index contributed by atoms with van der Waals surface area (Å²) < 4.78 is 28.7. The van der Waals surface area contributed by atoms with Crippen molar-refractivity contribution in [1.29, 1.82) is 0 Å². The Morgan fingerprint density at radius 3 is 1.51 bits per heavy atom. The number of carboxylic acid groups (broad SMARTS) is 1. The number of aliphatic hydroxyl groups is 1. The summed E-state index contributed by atoms with van der Waals surface area (Å²) in [6.07, 6.45) is 15.8. The second kappa shape index (κ2) is 22.6. The number of hydrogen-bond acceptors (Lipinski definition) is 11. The maximum Gasteiger partial charge on any atom is 0.312 e. The first kappa shape index (κ1) is 62.4. The molecule has 11 aliphatic rings. The SMILES string of the molecule is C.C.C.C.CCC(C)(C)C(=O)O.CCC(C)(C)C(=O)OC12CC3CC(CC(O)(C3)C1)C2.CCC(C)(C)C(=O)OC1C2CC3C(=O)OC1C3O2.CCC1C2CC3CC(C2)CC1(OC(=O)C(C)(C)CC)C3. The number of esters is 4. The van der Waals surface area contributed by atoms with Crippen LogP contribution < -0.4 is 0 Å². The molecule has 0 amide bonds. The average Bonchev–Trinajstić information content (AvgIpc) is 3.85. The number of carbonyl (C=O) groups excluding carboxylic acids is 4.